The fourth-order valence-corrected chi connectivity index (χ4v) is 3.71. The molecular weight excluding hydrogens is 294 g/mol. The molecule has 0 heterocycles. The molecule has 2 aliphatic carbocycles. The molecule has 0 aromatic rings. The molecule has 0 radical (unpaired) electrons. The molecule has 2 rings (SSSR count). The zero-order valence-electron chi connectivity index (χ0n) is 12.2. The van der Waals surface area contributed by atoms with Crippen molar-refractivity contribution in [3.05, 3.63) is 0 Å². The third kappa shape index (κ3) is 4.59. The predicted octanol–water partition coefficient (Wildman–Crippen LogP) is 3.16. The number of halogens is 2. The lowest BCUT2D eigenvalue weighted by atomic mass is 9.82. The number of rotatable bonds is 4. The van der Waals surface area contributed by atoms with Crippen LogP contribution in [0.4, 0.5) is 8.78 Å². The number of carbonyl (C=O) groups is 1. The molecule has 3 nitrogen and oxygen atoms in total. The first-order chi connectivity index (χ1) is 9.89. The zero-order chi connectivity index (χ0) is 15.5. The Morgan fingerprint density at radius 3 is 2.24 bits per heavy atom. The second-order valence-corrected chi connectivity index (χ2v) is 6.89. The molecule has 0 bridgehead atoms. The van der Waals surface area contributed by atoms with Crippen molar-refractivity contribution in [1.29, 1.82) is 0 Å². The van der Waals surface area contributed by atoms with Gasteiger partial charge in [0.25, 0.3) is 0 Å². The van der Waals surface area contributed by atoms with E-state index in [-0.39, 0.29) is 43.6 Å². The second-order valence-electron chi connectivity index (χ2n) is 6.42. The van der Waals surface area contributed by atoms with Crippen molar-refractivity contribution in [2.75, 3.05) is 0 Å². The third-order valence-electron chi connectivity index (χ3n) is 4.81. The number of nitrogens with two attached hydrogens (primary N) is 1. The maximum Gasteiger partial charge on any atom is 0.248 e. The van der Waals surface area contributed by atoms with E-state index in [1.165, 1.54) is 6.42 Å². The average molecular weight is 318 g/mol. The van der Waals surface area contributed by atoms with Crippen molar-refractivity contribution in [1.82, 2.24) is 5.32 Å². The van der Waals surface area contributed by atoms with E-state index in [1.54, 1.807) is 0 Å². The van der Waals surface area contributed by atoms with Gasteiger partial charge in [-0.25, -0.2) is 8.78 Å². The monoisotopic (exact) mass is 318 g/mol. The Morgan fingerprint density at radius 2 is 1.71 bits per heavy atom. The molecule has 0 aliphatic heterocycles. The van der Waals surface area contributed by atoms with Crippen LogP contribution in [0.2, 0.25) is 0 Å². The summed E-state index contributed by atoms with van der Waals surface area (Å²) in [7, 11) is 0. The molecule has 0 aromatic heterocycles. The van der Waals surface area contributed by atoms with Gasteiger partial charge in [0.05, 0.1) is 11.0 Å². The topological polar surface area (TPSA) is 55.1 Å². The lowest BCUT2D eigenvalue weighted by Crippen LogP contribution is -2.51. The number of hydrogen-bond acceptors (Lipinski definition) is 2. The highest BCUT2D eigenvalue weighted by Crippen LogP contribution is 2.36. The summed E-state index contributed by atoms with van der Waals surface area (Å²) < 4.78 is 26.3. The molecule has 2 saturated carbocycles. The second kappa shape index (κ2) is 6.99. The van der Waals surface area contributed by atoms with Crippen LogP contribution in [0.25, 0.3) is 0 Å². The van der Waals surface area contributed by atoms with Crippen LogP contribution in [0.15, 0.2) is 0 Å². The summed E-state index contributed by atoms with van der Waals surface area (Å²) in [4.78, 5) is 12.6. The van der Waals surface area contributed by atoms with Crippen LogP contribution >= 0.6 is 12.2 Å². The standard InChI is InChI=1S/C15H24F2N2OS/c16-15(17)8-6-11(7-9-15)14(20)19-12(13(18)21)10-4-2-1-3-5-10/h10-12H,1-9H2,(H2,18,21)(H,19,20). The van der Waals surface area contributed by atoms with Gasteiger partial charge in [-0.15, -0.1) is 0 Å². The number of thiocarbonyl (C=S) groups is 1. The maximum atomic E-state index is 13.2. The van der Waals surface area contributed by atoms with E-state index >= 15 is 0 Å². The van der Waals surface area contributed by atoms with E-state index in [2.05, 4.69) is 5.32 Å². The molecule has 2 fully saturated rings. The van der Waals surface area contributed by atoms with Crippen LogP contribution < -0.4 is 11.1 Å². The largest absolute Gasteiger partial charge is 0.392 e. The zero-order valence-corrected chi connectivity index (χ0v) is 13.1. The molecule has 21 heavy (non-hydrogen) atoms. The van der Waals surface area contributed by atoms with Crippen LogP contribution in [-0.2, 0) is 4.79 Å². The lowest BCUT2D eigenvalue weighted by Gasteiger charge is -2.33. The number of carbonyl (C=O) groups excluding carboxylic acids is 1. The summed E-state index contributed by atoms with van der Waals surface area (Å²) in [5.41, 5.74) is 5.79. The maximum absolute atomic E-state index is 13.2. The Bertz CT molecular complexity index is 387. The molecule has 3 N–H and O–H groups in total. The fraction of sp³-hybridized carbons (Fsp3) is 0.867. The minimum Gasteiger partial charge on any atom is -0.392 e. The van der Waals surface area contributed by atoms with Crippen LogP contribution in [0.3, 0.4) is 0 Å². The normalized spacial score (nSPS) is 25.2. The molecule has 2 aliphatic rings. The van der Waals surface area contributed by atoms with E-state index < -0.39 is 5.92 Å². The minimum absolute atomic E-state index is 0.158. The smallest absolute Gasteiger partial charge is 0.248 e. The fourth-order valence-electron chi connectivity index (χ4n) is 3.46. The molecule has 1 atom stereocenters. The van der Waals surface area contributed by atoms with Crippen molar-refractivity contribution in [2.45, 2.75) is 69.8 Å². The van der Waals surface area contributed by atoms with E-state index in [0.717, 1.165) is 25.7 Å². The molecule has 1 amide bonds. The number of alkyl halides is 2. The summed E-state index contributed by atoms with van der Waals surface area (Å²) >= 11 is 5.10. The number of nitrogens with one attached hydrogen (secondary N) is 1. The Labute approximate surface area is 130 Å². The highest BCUT2D eigenvalue weighted by molar-refractivity contribution is 7.80. The minimum atomic E-state index is -2.61. The first-order valence-corrected chi connectivity index (χ1v) is 8.27. The summed E-state index contributed by atoms with van der Waals surface area (Å²) in [5.74, 6) is -2.80. The highest BCUT2D eigenvalue weighted by atomic mass is 32.1. The van der Waals surface area contributed by atoms with Crippen LogP contribution in [0, 0.1) is 11.8 Å². The Hall–Kier alpha value is -0.780. The molecular formula is C15H24F2N2OS. The Morgan fingerprint density at radius 1 is 1.14 bits per heavy atom. The van der Waals surface area contributed by atoms with E-state index in [1.807, 2.05) is 0 Å². The van der Waals surface area contributed by atoms with Crippen LogP contribution in [0.5, 0.6) is 0 Å². The molecule has 6 heteroatoms. The van der Waals surface area contributed by atoms with Crippen molar-refractivity contribution >= 4 is 23.1 Å². The van der Waals surface area contributed by atoms with Crippen molar-refractivity contribution < 1.29 is 13.6 Å². The number of hydrogen-bond donors (Lipinski definition) is 2. The van der Waals surface area contributed by atoms with Crippen molar-refractivity contribution in [3.8, 4) is 0 Å². The van der Waals surface area contributed by atoms with Gasteiger partial charge in [0.2, 0.25) is 11.8 Å². The first-order valence-electron chi connectivity index (χ1n) is 7.86. The Balaban J connectivity index is 1.91. The molecule has 0 aromatic carbocycles. The molecule has 0 spiro atoms. The molecule has 1 unspecified atom stereocenters. The summed E-state index contributed by atoms with van der Waals surface area (Å²) in [6, 6.07) is -0.282. The van der Waals surface area contributed by atoms with Gasteiger partial charge in [-0.05, 0) is 31.6 Å². The van der Waals surface area contributed by atoms with Crippen molar-refractivity contribution in [3.63, 3.8) is 0 Å². The summed E-state index contributed by atoms with van der Waals surface area (Å²) in [5, 5.41) is 2.93. The van der Waals surface area contributed by atoms with Gasteiger partial charge in [0.1, 0.15) is 0 Å². The Kier molecular flexibility index (Phi) is 5.52. The quantitative estimate of drug-likeness (QED) is 0.783. The van der Waals surface area contributed by atoms with Gasteiger partial charge in [-0.3, -0.25) is 4.79 Å². The first kappa shape index (κ1) is 16.6. The van der Waals surface area contributed by atoms with E-state index in [9.17, 15) is 13.6 Å². The van der Waals surface area contributed by atoms with Crippen LogP contribution in [-0.4, -0.2) is 22.9 Å². The number of amides is 1. The van der Waals surface area contributed by atoms with Crippen molar-refractivity contribution in [2.24, 2.45) is 17.6 Å². The average Bonchev–Trinajstić information content (AvgIpc) is 2.45. The predicted molar refractivity (Wildman–Crippen MR) is 82.2 cm³/mol. The van der Waals surface area contributed by atoms with Gasteiger partial charge in [0.15, 0.2) is 0 Å². The van der Waals surface area contributed by atoms with Gasteiger partial charge in [-0.2, -0.15) is 0 Å². The van der Waals surface area contributed by atoms with Gasteiger partial charge < -0.3 is 11.1 Å². The lowest BCUT2D eigenvalue weighted by molar-refractivity contribution is -0.129. The van der Waals surface area contributed by atoms with Gasteiger partial charge in [-0.1, -0.05) is 31.5 Å². The molecule has 120 valence electrons. The molecule has 0 saturated heterocycles. The van der Waals surface area contributed by atoms with E-state index in [0.29, 0.717) is 10.9 Å². The summed E-state index contributed by atoms with van der Waals surface area (Å²) in [6.45, 7) is 0. The SMILES string of the molecule is NC(=S)C(NC(=O)C1CCC(F)(F)CC1)C1CCCCC1. The highest BCUT2D eigenvalue weighted by Gasteiger charge is 2.38. The summed E-state index contributed by atoms with van der Waals surface area (Å²) in [6.07, 6.45) is 5.60. The van der Waals surface area contributed by atoms with Crippen LogP contribution in [0.1, 0.15) is 57.8 Å². The van der Waals surface area contributed by atoms with E-state index in [4.69, 9.17) is 18.0 Å². The third-order valence-corrected chi connectivity index (χ3v) is 5.07. The van der Waals surface area contributed by atoms with Gasteiger partial charge in [0, 0.05) is 18.8 Å². The van der Waals surface area contributed by atoms with Gasteiger partial charge >= 0.3 is 0 Å².